The predicted octanol–water partition coefficient (Wildman–Crippen LogP) is 3.24. The lowest BCUT2D eigenvalue weighted by Crippen LogP contribution is -2.51. The first-order valence-electron chi connectivity index (χ1n) is 10.3. The molecule has 150 valence electrons. The van der Waals surface area contributed by atoms with Crippen molar-refractivity contribution in [2.24, 2.45) is 5.92 Å². The van der Waals surface area contributed by atoms with Gasteiger partial charge < -0.3 is 14.2 Å². The summed E-state index contributed by atoms with van der Waals surface area (Å²) in [4.78, 5) is 22.2. The van der Waals surface area contributed by atoms with Crippen LogP contribution in [0.3, 0.4) is 0 Å². The molecule has 2 aliphatic rings. The van der Waals surface area contributed by atoms with Crippen molar-refractivity contribution in [1.82, 2.24) is 14.3 Å². The first kappa shape index (κ1) is 18.2. The van der Waals surface area contributed by atoms with Gasteiger partial charge in [-0.3, -0.25) is 4.79 Å². The normalized spacial score (nSPS) is 19.4. The smallest absolute Gasteiger partial charge is 0.226 e. The fraction of sp³-hybridized carbons (Fsp3) is 0.391. The SMILES string of the molecule is Cc1ccn2c3c(nc2c1)CCC(C(=O)N1CCN(c2ccc(F)cc2)CC1)C3. The lowest BCUT2D eigenvalue weighted by molar-refractivity contribution is -0.136. The Morgan fingerprint density at radius 1 is 1.10 bits per heavy atom. The van der Waals surface area contributed by atoms with Gasteiger partial charge in [-0.1, -0.05) is 0 Å². The zero-order valence-corrected chi connectivity index (χ0v) is 16.6. The van der Waals surface area contributed by atoms with Gasteiger partial charge in [0.25, 0.3) is 0 Å². The summed E-state index contributed by atoms with van der Waals surface area (Å²) in [5.41, 5.74) is 5.53. The second-order valence-corrected chi connectivity index (χ2v) is 8.17. The summed E-state index contributed by atoms with van der Waals surface area (Å²) < 4.78 is 15.3. The molecular formula is C23H25FN4O. The predicted molar refractivity (Wildman–Crippen MR) is 111 cm³/mol. The van der Waals surface area contributed by atoms with Crippen LogP contribution in [0.25, 0.3) is 5.65 Å². The second-order valence-electron chi connectivity index (χ2n) is 8.17. The number of aromatic nitrogens is 2. The summed E-state index contributed by atoms with van der Waals surface area (Å²) in [6.45, 7) is 5.07. The molecule has 5 rings (SSSR count). The summed E-state index contributed by atoms with van der Waals surface area (Å²) in [6, 6.07) is 10.8. The maximum absolute atomic E-state index is 13.2. The number of carbonyl (C=O) groups excluding carboxylic acids is 1. The van der Waals surface area contributed by atoms with Crippen LogP contribution in [0.5, 0.6) is 0 Å². The van der Waals surface area contributed by atoms with Crippen LogP contribution >= 0.6 is 0 Å². The summed E-state index contributed by atoms with van der Waals surface area (Å²) in [5.74, 6) is 0.0688. The molecule has 29 heavy (non-hydrogen) atoms. The molecule has 2 aromatic heterocycles. The highest BCUT2D eigenvalue weighted by molar-refractivity contribution is 5.80. The van der Waals surface area contributed by atoms with E-state index in [2.05, 4.69) is 34.6 Å². The fourth-order valence-electron chi connectivity index (χ4n) is 4.61. The Hall–Kier alpha value is -2.89. The van der Waals surface area contributed by atoms with Gasteiger partial charge in [0.15, 0.2) is 0 Å². The third-order valence-electron chi connectivity index (χ3n) is 6.27. The number of imidazole rings is 1. The van der Waals surface area contributed by atoms with E-state index in [4.69, 9.17) is 4.98 Å². The Morgan fingerprint density at radius 3 is 2.62 bits per heavy atom. The van der Waals surface area contributed by atoms with E-state index in [1.165, 1.54) is 23.4 Å². The van der Waals surface area contributed by atoms with Gasteiger partial charge in [-0.25, -0.2) is 9.37 Å². The van der Waals surface area contributed by atoms with Crippen molar-refractivity contribution >= 4 is 17.2 Å². The minimum Gasteiger partial charge on any atom is -0.368 e. The second kappa shape index (κ2) is 7.17. The van der Waals surface area contributed by atoms with E-state index >= 15 is 0 Å². The Kier molecular flexibility index (Phi) is 4.49. The zero-order chi connectivity index (χ0) is 20.0. The fourth-order valence-corrected chi connectivity index (χ4v) is 4.61. The molecule has 0 spiro atoms. The van der Waals surface area contributed by atoms with Crippen molar-refractivity contribution in [3.8, 4) is 0 Å². The highest BCUT2D eigenvalue weighted by atomic mass is 19.1. The summed E-state index contributed by atoms with van der Waals surface area (Å²) in [5, 5.41) is 0. The van der Waals surface area contributed by atoms with Crippen LogP contribution in [0, 0.1) is 18.7 Å². The van der Waals surface area contributed by atoms with Crippen LogP contribution in [0.2, 0.25) is 0 Å². The Labute approximate surface area is 169 Å². The third kappa shape index (κ3) is 3.37. The monoisotopic (exact) mass is 392 g/mol. The van der Waals surface area contributed by atoms with Crippen LogP contribution in [0.15, 0.2) is 42.6 Å². The van der Waals surface area contributed by atoms with Crippen LogP contribution in [-0.4, -0.2) is 46.4 Å². The number of aryl methyl sites for hydroxylation is 2. The summed E-state index contributed by atoms with van der Waals surface area (Å²) in [7, 11) is 0. The molecule has 1 aliphatic heterocycles. The van der Waals surface area contributed by atoms with E-state index in [9.17, 15) is 9.18 Å². The zero-order valence-electron chi connectivity index (χ0n) is 16.6. The number of pyridine rings is 1. The molecule has 3 aromatic rings. The van der Waals surface area contributed by atoms with Gasteiger partial charge in [-0.15, -0.1) is 0 Å². The molecule has 1 unspecified atom stereocenters. The number of carbonyl (C=O) groups is 1. The molecule has 3 heterocycles. The summed E-state index contributed by atoms with van der Waals surface area (Å²) in [6.07, 6.45) is 4.57. The minimum atomic E-state index is -0.221. The molecule has 1 amide bonds. The van der Waals surface area contributed by atoms with E-state index in [1.54, 1.807) is 0 Å². The average molecular weight is 392 g/mol. The average Bonchev–Trinajstić information content (AvgIpc) is 3.10. The van der Waals surface area contributed by atoms with Crippen LogP contribution < -0.4 is 4.90 Å². The number of rotatable bonds is 2. The molecule has 1 aliphatic carbocycles. The molecule has 0 saturated carbocycles. The van der Waals surface area contributed by atoms with Gasteiger partial charge in [0.2, 0.25) is 5.91 Å². The van der Waals surface area contributed by atoms with Gasteiger partial charge in [0, 0.05) is 56.1 Å². The highest BCUT2D eigenvalue weighted by Gasteiger charge is 2.32. The quantitative estimate of drug-likeness (QED) is 0.672. The van der Waals surface area contributed by atoms with Gasteiger partial charge in [-0.05, 0) is 61.7 Å². The topological polar surface area (TPSA) is 40.9 Å². The molecule has 0 N–H and O–H groups in total. The number of anilines is 1. The summed E-state index contributed by atoms with van der Waals surface area (Å²) >= 11 is 0. The lowest BCUT2D eigenvalue weighted by Gasteiger charge is -2.38. The van der Waals surface area contributed by atoms with Crippen LogP contribution in [0.4, 0.5) is 10.1 Å². The number of benzene rings is 1. The Balaban J connectivity index is 1.26. The number of halogens is 1. The van der Waals surface area contributed by atoms with E-state index < -0.39 is 0 Å². The van der Waals surface area contributed by atoms with Crippen molar-refractivity contribution in [1.29, 1.82) is 0 Å². The molecule has 5 nitrogen and oxygen atoms in total. The molecule has 0 bridgehead atoms. The molecule has 6 heteroatoms. The minimum absolute atomic E-state index is 0.0288. The largest absolute Gasteiger partial charge is 0.368 e. The highest BCUT2D eigenvalue weighted by Crippen LogP contribution is 2.28. The number of fused-ring (bicyclic) bond motifs is 3. The van der Waals surface area contributed by atoms with Crippen molar-refractivity contribution in [3.05, 3.63) is 65.4 Å². The molecule has 0 radical (unpaired) electrons. The number of hydrogen-bond acceptors (Lipinski definition) is 3. The standard InChI is InChI=1S/C23H25FN4O/c1-16-8-9-28-21-15-17(2-7-20(21)25-22(28)14-16)23(29)27-12-10-26(11-13-27)19-5-3-18(24)4-6-19/h3-6,8-9,14,17H,2,7,10-13,15H2,1H3. The number of hydrogen-bond donors (Lipinski definition) is 0. The maximum Gasteiger partial charge on any atom is 0.226 e. The molecule has 1 aromatic carbocycles. The number of piperazine rings is 1. The van der Waals surface area contributed by atoms with Gasteiger partial charge in [-0.2, -0.15) is 0 Å². The molecule has 1 atom stereocenters. The number of amides is 1. The van der Waals surface area contributed by atoms with E-state index in [0.29, 0.717) is 13.1 Å². The van der Waals surface area contributed by atoms with Gasteiger partial charge in [0.1, 0.15) is 11.5 Å². The lowest BCUT2D eigenvalue weighted by atomic mass is 9.88. The number of nitrogens with zero attached hydrogens (tertiary/aromatic N) is 4. The van der Waals surface area contributed by atoms with E-state index in [0.717, 1.165) is 49.4 Å². The van der Waals surface area contributed by atoms with Crippen LogP contribution in [-0.2, 0) is 17.6 Å². The maximum atomic E-state index is 13.2. The van der Waals surface area contributed by atoms with Gasteiger partial charge >= 0.3 is 0 Å². The van der Waals surface area contributed by atoms with E-state index in [1.807, 2.05) is 17.0 Å². The first-order valence-corrected chi connectivity index (χ1v) is 10.3. The first-order chi connectivity index (χ1) is 14.1. The van der Waals surface area contributed by atoms with Crippen molar-refractivity contribution < 1.29 is 9.18 Å². The third-order valence-corrected chi connectivity index (χ3v) is 6.27. The Morgan fingerprint density at radius 2 is 1.86 bits per heavy atom. The molecular weight excluding hydrogens is 367 g/mol. The van der Waals surface area contributed by atoms with Crippen molar-refractivity contribution in [2.75, 3.05) is 31.1 Å². The van der Waals surface area contributed by atoms with Gasteiger partial charge in [0.05, 0.1) is 5.69 Å². The Bertz CT molecular complexity index is 1050. The van der Waals surface area contributed by atoms with Crippen LogP contribution in [0.1, 0.15) is 23.4 Å². The van der Waals surface area contributed by atoms with Crippen molar-refractivity contribution in [3.63, 3.8) is 0 Å². The molecule has 1 fully saturated rings. The van der Waals surface area contributed by atoms with E-state index in [-0.39, 0.29) is 17.6 Å². The molecule has 1 saturated heterocycles. The van der Waals surface area contributed by atoms with Crippen molar-refractivity contribution in [2.45, 2.75) is 26.2 Å².